The first-order chi connectivity index (χ1) is 25.2. The van der Waals surface area contributed by atoms with Crippen LogP contribution in [-0.4, -0.2) is 0 Å². The van der Waals surface area contributed by atoms with Gasteiger partial charge in [-0.15, -0.1) is 0 Å². The van der Waals surface area contributed by atoms with E-state index in [0.717, 1.165) is 44.6 Å². The van der Waals surface area contributed by atoms with E-state index in [-0.39, 0.29) is 0 Å². The zero-order chi connectivity index (χ0) is 34.1. The van der Waals surface area contributed by atoms with Gasteiger partial charge in [0.25, 0.3) is 0 Å². The lowest BCUT2D eigenvalue weighted by molar-refractivity contribution is 0.308. The van der Waals surface area contributed by atoms with E-state index in [1.54, 1.807) is 0 Å². The lowest BCUT2D eigenvalue weighted by Crippen LogP contribution is -2.09. The van der Waals surface area contributed by atoms with Gasteiger partial charge < -0.3 is 19.8 Å². The summed E-state index contributed by atoms with van der Waals surface area (Å²) in [6.07, 6.45) is 0. The number of nitrogens with zero attached hydrogens (tertiary/aromatic N) is 1. The second-order valence-electron chi connectivity index (χ2n) is 12.8. The predicted molar refractivity (Wildman–Crippen MR) is 212 cm³/mol. The molecule has 1 aromatic heterocycles. The average molecular weight is 659 g/mol. The highest BCUT2D eigenvalue weighted by Crippen LogP contribution is 2.42. The van der Waals surface area contributed by atoms with Crippen molar-refractivity contribution in [2.24, 2.45) is 0 Å². The van der Waals surface area contributed by atoms with Gasteiger partial charge in [-0.3, -0.25) is 0 Å². The summed E-state index contributed by atoms with van der Waals surface area (Å²) in [5, 5.41) is 4.32. The number of hydrogen-bond acceptors (Lipinski definition) is 4. The number of benzene rings is 8. The van der Waals surface area contributed by atoms with E-state index in [1.165, 1.54) is 33.0 Å². The Morgan fingerprint density at radius 2 is 1.02 bits per heavy atom. The minimum Gasteiger partial charge on any atom is -0.487 e. The van der Waals surface area contributed by atoms with Gasteiger partial charge in [0.05, 0.1) is 5.69 Å². The molecule has 0 aliphatic carbocycles. The first kappa shape index (κ1) is 30.3. The maximum Gasteiger partial charge on any atom is 0.146 e. The first-order valence-corrected chi connectivity index (χ1v) is 17.1. The highest BCUT2D eigenvalue weighted by molar-refractivity contribution is 6.08. The molecule has 244 valence electrons. The van der Waals surface area contributed by atoms with Crippen LogP contribution in [-0.2, 0) is 6.61 Å². The van der Waals surface area contributed by atoms with Crippen LogP contribution in [0, 0.1) is 0 Å². The number of rotatable bonds is 8. The molecule has 4 nitrogen and oxygen atoms in total. The molecule has 0 unspecified atom stereocenters. The molecule has 2 N–H and O–H groups in total. The second kappa shape index (κ2) is 12.9. The number of anilines is 4. The van der Waals surface area contributed by atoms with Gasteiger partial charge in [-0.2, -0.15) is 0 Å². The molecule has 8 aromatic carbocycles. The maximum atomic E-state index is 6.51. The van der Waals surface area contributed by atoms with Crippen molar-refractivity contribution >= 4 is 55.5 Å². The predicted octanol–water partition coefficient (Wildman–Crippen LogP) is 12.7. The quantitative estimate of drug-likeness (QED) is 0.165. The maximum absolute atomic E-state index is 6.51. The summed E-state index contributed by atoms with van der Waals surface area (Å²) < 4.78 is 12.6. The molecule has 0 aliphatic rings. The molecular formula is C47H34N2O2. The van der Waals surface area contributed by atoms with Crippen LogP contribution >= 0.6 is 0 Å². The number of fused-ring (bicyclic) bond motifs is 4. The fourth-order valence-corrected chi connectivity index (χ4v) is 6.87. The smallest absolute Gasteiger partial charge is 0.146 e. The van der Waals surface area contributed by atoms with Crippen molar-refractivity contribution in [2.75, 3.05) is 10.6 Å². The van der Waals surface area contributed by atoms with Crippen LogP contribution in [0.25, 0.3) is 55.0 Å². The highest BCUT2D eigenvalue weighted by Gasteiger charge is 2.18. The van der Waals surface area contributed by atoms with Crippen molar-refractivity contribution in [1.82, 2.24) is 0 Å². The summed E-state index contributed by atoms with van der Waals surface area (Å²) in [5.74, 6) is 0.608. The summed E-state index contributed by atoms with van der Waals surface area (Å²) in [6.45, 7) is 0.428. The third-order valence-electron chi connectivity index (χ3n) is 9.50. The Kier molecular flexibility index (Phi) is 7.67. The van der Waals surface area contributed by atoms with E-state index < -0.39 is 0 Å². The Labute approximate surface area is 296 Å². The van der Waals surface area contributed by atoms with Gasteiger partial charge in [-0.05, 0) is 87.1 Å². The van der Waals surface area contributed by atoms with Crippen molar-refractivity contribution in [2.45, 2.75) is 6.61 Å². The van der Waals surface area contributed by atoms with Crippen molar-refractivity contribution in [3.05, 3.63) is 188 Å². The fourth-order valence-electron chi connectivity index (χ4n) is 6.87. The van der Waals surface area contributed by atoms with Crippen LogP contribution in [0.1, 0.15) is 5.56 Å². The molecule has 0 fully saturated rings. The van der Waals surface area contributed by atoms with Gasteiger partial charge in [0.1, 0.15) is 23.5 Å². The Morgan fingerprint density at radius 1 is 0.451 bits per heavy atom. The topological polar surface area (TPSA) is 51.6 Å². The molecule has 0 radical (unpaired) electrons. The molecule has 0 atom stereocenters. The molecule has 0 saturated heterocycles. The lowest BCUT2D eigenvalue weighted by atomic mass is 10.0. The number of nitrogens with two attached hydrogens (primary N) is 1. The van der Waals surface area contributed by atoms with Gasteiger partial charge in [0, 0.05) is 40.0 Å². The van der Waals surface area contributed by atoms with Crippen molar-refractivity contribution in [3.63, 3.8) is 0 Å². The number of ether oxygens (including phenoxy) is 1. The first-order valence-electron chi connectivity index (χ1n) is 17.1. The van der Waals surface area contributed by atoms with E-state index in [9.17, 15) is 0 Å². The average Bonchev–Trinajstić information content (AvgIpc) is 3.54. The molecule has 0 aliphatic heterocycles. The molecule has 0 saturated carbocycles. The second-order valence-corrected chi connectivity index (χ2v) is 12.8. The van der Waals surface area contributed by atoms with Crippen LogP contribution in [0.4, 0.5) is 22.7 Å². The largest absolute Gasteiger partial charge is 0.487 e. The minimum atomic E-state index is 0.428. The van der Waals surface area contributed by atoms with Crippen molar-refractivity contribution in [1.29, 1.82) is 0 Å². The molecule has 51 heavy (non-hydrogen) atoms. The van der Waals surface area contributed by atoms with Crippen LogP contribution in [0.5, 0.6) is 5.75 Å². The van der Waals surface area contributed by atoms with Crippen LogP contribution in [0.3, 0.4) is 0 Å². The standard InChI is InChI=1S/C47H34N2O2/c48-44-29-43-42-25-24-41(28-45(42)51-46(43)30-47(44)50-31-32-10-4-1-5-11-32)49(39-21-18-35(19-22-39)33-12-6-2-7-13-33)40-23-20-36-16-17-37(26-38(36)27-40)34-14-8-3-9-15-34/h1-30H,31,48H2. The minimum absolute atomic E-state index is 0.428. The molecule has 0 spiro atoms. The summed E-state index contributed by atoms with van der Waals surface area (Å²) >= 11 is 0. The summed E-state index contributed by atoms with van der Waals surface area (Å²) in [6, 6.07) is 63.4. The van der Waals surface area contributed by atoms with Gasteiger partial charge in [-0.1, -0.05) is 121 Å². The van der Waals surface area contributed by atoms with Crippen LogP contribution in [0.15, 0.2) is 186 Å². The van der Waals surface area contributed by atoms with Gasteiger partial charge in [0.15, 0.2) is 0 Å². The molecular weight excluding hydrogens is 625 g/mol. The van der Waals surface area contributed by atoms with E-state index in [4.69, 9.17) is 14.9 Å². The third kappa shape index (κ3) is 5.94. The van der Waals surface area contributed by atoms with Crippen molar-refractivity contribution < 1.29 is 9.15 Å². The van der Waals surface area contributed by atoms with Crippen LogP contribution < -0.4 is 15.4 Å². The van der Waals surface area contributed by atoms with Gasteiger partial charge >= 0.3 is 0 Å². The summed E-state index contributed by atoms with van der Waals surface area (Å²) in [4.78, 5) is 2.29. The molecule has 4 heteroatoms. The summed E-state index contributed by atoms with van der Waals surface area (Å²) in [5.41, 5.74) is 17.5. The molecule has 0 bridgehead atoms. The third-order valence-corrected chi connectivity index (χ3v) is 9.50. The SMILES string of the molecule is Nc1cc2c(cc1OCc1ccccc1)oc1cc(N(c3ccc(-c4ccccc4)cc3)c3ccc4ccc(-c5ccccc5)cc4c3)ccc12. The number of nitrogen functional groups attached to an aromatic ring is 1. The Morgan fingerprint density at radius 3 is 1.76 bits per heavy atom. The Balaban J connectivity index is 1.14. The number of furan rings is 1. The van der Waals surface area contributed by atoms with Gasteiger partial charge in [0.2, 0.25) is 0 Å². The lowest BCUT2D eigenvalue weighted by Gasteiger charge is -2.26. The van der Waals surface area contributed by atoms with E-state index >= 15 is 0 Å². The molecule has 0 amide bonds. The zero-order valence-corrected chi connectivity index (χ0v) is 27.9. The monoisotopic (exact) mass is 658 g/mol. The van der Waals surface area contributed by atoms with E-state index in [1.807, 2.05) is 48.5 Å². The molecule has 9 aromatic rings. The zero-order valence-electron chi connectivity index (χ0n) is 27.9. The normalized spacial score (nSPS) is 11.3. The summed E-state index contributed by atoms with van der Waals surface area (Å²) in [7, 11) is 0. The van der Waals surface area contributed by atoms with E-state index in [0.29, 0.717) is 18.0 Å². The fraction of sp³-hybridized carbons (Fsp3) is 0.0213. The Bertz CT molecular complexity index is 2630. The van der Waals surface area contributed by atoms with Crippen LogP contribution in [0.2, 0.25) is 0 Å². The Hall–Kier alpha value is -6.78. The molecule has 9 rings (SSSR count). The molecule has 1 heterocycles. The van der Waals surface area contributed by atoms with Crippen molar-refractivity contribution in [3.8, 4) is 28.0 Å². The van der Waals surface area contributed by atoms with Gasteiger partial charge in [-0.25, -0.2) is 0 Å². The van der Waals surface area contributed by atoms with E-state index in [2.05, 4.69) is 138 Å². The highest BCUT2D eigenvalue weighted by atomic mass is 16.5. The number of hydrogen-bond donors (Lipinski definition) is 1.